The molecule has 3 heteroatoms. The molecule has 0 aliphatic rings. The van der Waals surface area contributed by atoms with Gasteiger partial charge in [0.15, 0.2) is 0 Å². The van der Waals surface area contributed by atoms with Gasteiger partial charge >= 0.3 is 0 Å². The van der Waals surface area contributed by atoms with Crippen LogP contribution in [-0.4, -0.2) is 11.6 Å². The number of benzene rings is 1. The van der Waals surface area contributed by atoms with Crippen LogP contribution in [0.2, 0.25) is 0 Å². The van der Waals surface area contributed by atoms with Crippen molar-refractivity contribution >= 4 is 17.6 Å². The minimum atomic E-state index is 0.225. The molecule has 0 bridgehead atoms. The van der Waals surface area contributed by atoms with Crippen molar-refractivity contribution in [2.45, 2.75) is 11.8 Å². The number of nitrogens with two attached hydrogens (primary N) is 1. The van der Waals surface area contributed by atoms with Gasteiger partial charge in [0.05, 0.1) is 5.75 Å². The Morgan fingerprint density at radius 1 is 1.50 bits per heavy atom. The van der Waals surface area contributed by atoms with E-state index in [1.807, 2.05) is 18.2 Å². The monoisotopic (exact) mass is 180 g/mol. The molecule has 0 saturated carbocycles. The van der Waals surface area contributed by atoms with Crippen LogP contribution in [0.4, 0.5) is 0 Å². The number of amidine groups is 1. The van der Waals surface area contributed by atoms with E-state index in [1.54, 1.807) is 11.8 Å². The molecule has 0 fully saturated rings. The van der Waals surface area contributed by atoms with E-state index < -0.39 is 0 Å². The van der Waals surface area contributed by atoms with Crippen LogP contribution >= 0.6 is 11.8 Å². The molecule has 3 N–H and O–H groups in total. The summed E-state index contributed by atoms with van der Waals surface area (Å²) in [6.45, 7) is 2.06. The molecule has 12 heavy (non-hydrogen) atoms. The van der Waals surface area contributed by atoms with E-state index in [0.29, 0.717) is 5.75 Å². The predicted molar refractivity (Wildman–Crippen MR) is 53.8 cm³/mol. The van der Waals surface area contributed by atoms with Gasteiger partial charge in [-0.25, -0.2) is 0 Å². The third kappa shape index (κ3) is 2.58. The summed E-state index contributed by atoms with van der Waals surface area (Å²) in [6, 6.07) is 8.11. The minimum Gasteiger partial charge on any atom is -0.387 e. The summed E-state index contributed by atoms with van der Waals surface area (Å²) in [6.07, 6.45) is 0. The molecule has 0 radical (unpaired) electrons. The van der Waals surface area contributed by atoms with E-state index in [4.69, 9.17) is 11.1 Å². The van der Waals surface area contributed by atoms with Crippen molar-refractivity contribution < 1.29 is 0 Å². The predicted octanol–water partition coefficient (Wildman–Crippen LogP) is 2.02. The lowest BCUT2D eigenvalue weighted by atomic mass is 10.2. The topological polar surface area (TPSA) is 49.9 Å². The van der Waals surface area contributed by atoms with Crippen LogP contribution in [0.25, 0.3) is 0 Å². The zero-order valence-corrected chi connectivity index (χ0v) is 7.82. The van der Waals surface area contributed by atoms with Crippen LogP contribution in [0.1, 0.15) is 5.56 Å². The smallest absolute Gasteiger partial charge is 0.101 e. The zero-order valence-electron chi connectivity index (χ0n) is 7.00. The second kappa shape index (κ2) is 4.16. The molecule has 2 nitrogen and oxygen atoms in total. The van der Waals surface area contributed by atoms with Crippen molar-refractivity contribution in [3.8, 4) is 0 Å². The van der Waals surface area contributed by atoms with Gasteiger partial charge in [-0.2, -0.15) is 0 Å². The van der Waals surface area contributed by atoms with Crippen molar-refractivity contribution in [1.82, 2.24) is 0 Å². The summed E-state index contributed by atoms with van der Waals surface area (Å²) < 4.78 is 0. The molecule has 0 saturated heterocycles. The van der Waals surface area contributed by atoms with Gasteiger partial charge in [0.2, 0.25) is 0 Å². The zero-order chi connectivity index (χ0) is 8.97. The fourth-order valence-electron chi connectivity index (χ4n) is 0.874. The van der Waals surface area contributed by atoms with E-state index >= 15 is 0 Å². The highest BCUT2D eigenvalue weighted by Crippen LogP contribution is 2.20. The Kier molecular flexibility index (Phi) is 3.17. The Bertz CT molecular complexity index is 284. The third-order valence-corrected chi connectivity index (χ3v) is 2.70. The largest absolute Gasteiger partial charge is 0.387 e. The Hall–Kier alpha value is -0.960. The molecule has 0 heterocycles. The van der Waals surface area contributed by atoms with Crippen LogP contribution in [0.3, 0.4) is 0 Å². The number of nitrogens with one attached hydrogen (secondary N) is 1. The van der Waals surface area contributed by atoms with Gasteiger partial charge < -0.3 is 5.73 Å². The van der Waals surface area contributed by atoms with Gasteiger partial charge in [0.1, 0.15) is 5.84 Å². The standard InChI is InChI=1S/C9H12N2S/c1-7-4-2-3-5-8(7)12-6-9(10)11/h2-5H,6H2,1H3,(H3,10,11). The van der Waals surface area contributed by atoms with E-state index in [9.17, 15) is 0 Å². The van der Waals surface area contributed by atoms with E-state index in [2.05, 4.69) is 13.0 Å². The third-order valence-electron chi connectivity index (χ3n) is 1.48. The molecule has 1 rings (SSSR count). The van der Waals surface area contributed by atoms with Gasteiger partial charge in [-0.15, -0.1) is 11.8 Å². The van der Waals surface area contributed by atoms with Gasteiger partial charge in [0, 0.05) is 4.90 Å². The van der Waals surface area contributed by atoms with Gasteiger partial charge in [-0.05, 0) is 18.6 Å². The van der Waals surface area contributed by atoms with Gasteiger partial charge in [0.25, 0.3) is 0 Å². The van der Waals surface area contributed by atoms with Crippen LogP contribution < -0.4 is 5.73 Å². The first kappa shape index (κ1) is 9.13. The average Bonchev–Trinajstić information content (AvgIpc) is 2.03. The van der Waals surface area contributed by atoms with E-state index in [0.717, 1.165) is 0 Å². The number of rotatable bonds is 3. The minimum absolute atomic E-state index is 0.225. The normalized spacial score (nSPS) is 9.75. The van der Waals surface area contributed by atoms with Crippen molar-refractivity contribution in [3.05, 3.63) is 29.8 Å². The Balaban J connectivity index is 2.63. The van der Waals surface area contributed by atoms with Crippen molar-refractivity contribution in [2.75, 3.05) is 5.75 Å². The average molecular weight is 180 g/mol. The summed E-state index contributed by atoms with van der Waals surface area (Å²) in [5.41, 5.74) is 6.49. The van der Waals surface area contributed by atoms with E-state index in [-0.39, 0.29) is 5.84 Å². The molecule has 0 atom stereocenters. The van der Waals surface area contributed by atoms with Crippen molar-refractivity contribution in [2.24, 2.45) is 5.73 Å². The summed E-state index contributed by atoms with van der Waals surface area (Å²) in [7, 11) is 0. The second-order valence-corrected chi connectivity index (χ2v) is 3.60. The lowest BCUT2D eigenvalue weighted by molar-refractivity contribution is 1.30. The summed E-state index contributed by atoms with van der Waals surface area (Å²) in [5, 5.41) is 7.07. The molecule has 64 valence electrons. The number of aryl methyl sites for hydroxylation is 1. The van der Waals surface area contributed by atoms with Crippen LogP contribution in [0.5, 0.6) is 0 Å². The van der Waals surface area contributed by atoms with E-state index in [1.165, 1.54) is 10.5 Å². The Labute approximate surface area is 76.7 Å². The molecule has 0 unspecified atom stereocenters. The molecule has 1 aromatic carbocycles. The summed E-state index contributed by atoms with van der Waals surface area (Å²) >= 11 is 1.61. The highest BCUT2D eigenvalue weighted by atomic mass is 32.2. The fraction of sp³-hybridized carbons (Fsp3) is 0.222. The maximum Gasteiger partial charge on any atom is 0.101 e. The van der Waals surface area contributed by atoms with Crippen LogP contribution in [0, 0.1) is 12.3 Å². The molecule has 0 aliphatic heterocycles. The summed E-state index contributed by atoms with van der Waals surface area (Å²) in [5.74, 6) is 0.799. The van der Waals surface area contributed by atoms with Crippen LogP contribution in [0.15, 0.2) is 29.2 Å². The molecule has 0 aliphatic carbocycles. The number of hydrogen-bond donors (Lipinski definition) is 2. The molecule has 0 amide bonds. The highest BCUT2D eigenvalue weighted by Gasteiger charge is 1.97. The first-order valence-corrected chi connectivity index (χ1v) is 4.70. The first-order valence-electron chi connectivity index (χ1n) is 3.71. The molecular weight excluding hydrogens is 168 g/mol. The maximum atomic E-state index is 7.07. The lowest BCUT2D eigenvalue weighted by Gasteiger charge is -2.02. The maximum absolute atomic E-state index is 7.07. The number of thioether (sulfide) groups is 1. The SMILES string of the molecule is Cc1ccccc1SCC(=N)N. The van der Waals surface area contributed by atoms with Gasteiger partial charge in [-0.1, -0.05) is 18.2 Å². The van der Waals surface area contributed by atoms with Crippen molar-refractivity contribution in [1.29, 1.82) is 5.41 Å². The lowest BCUT2D eigenvalue weighted by Crippen LogP contribution is -2.11. The molecule has 1 aromatic rings. The quantitative estimate of drug-likeness (QED) is 0.425. The van der Waals surface area contributed by atoms with Crippen LogP contribution in [-0.2, 0) is 0 Å². The summed E-state index contributed by atoms with van der Waals surface area (Å²) in [4.78, 5) is 1.20. The second-order valence-electron chi connectivity index (χ2n) is 2.58. The highest BCUT2D eigenvalue weighted by molar-refractivity contribution is 8.00. The van der Waals surface area contributed by atoms with Crippen molar-refractivity contribution in [3.63, 3.8) is 0 Å². The fourth-order valence-corrected chi connectivity index (χ4v) is 1.66. The molecule has 0 aromatic heterocycles. The Morgan fingerprint density at radius 2 is 2.17 bits per heavy atom. The van der Waals surface area contributed by atoms with Gasteiger partial charge in [-0.3, -0.25) is 5.41 Å². The Morgan fingerprint density at radius 3 is 2.75 bits per heavy atom. The first-order chi connectivity index (χ1) is 5.70. The molecular formula is C9H12N2S. The molecule has 0 spiro atoms. The number of hydrogen-bond acceptors (Lipinski definition) is 2.